The third kappa shape index (κ3) is 5.32. The molecule has 9 heteroatoms. The molecule has 176 valence electrons. The van der Waals surface area contributed by atoms with Crippen molar-refractivity contribution in [2.45, 2.75) is 38.8 Å². The van der Waals surface area contributed by atoms with Gasteiger partial charge in [0.05, 0.1) is 29.6 Å². The van der Waals surface area contributed by atoms with Crippen molar-refractivity contribution in [2.24, 2.45) is 0 Å². The van der Waals surface area contributed by atoms with Gasteiger partial charge in [-0.1, -0.05) is 23.2 Å². The summed E-state index contributed by atoms with van der Waals surface area (Å²) in [7, 11) is 0. The number of halogens is 3. The lowest BCUT2D eigenvalue weighted by Crippen LogP contribution is -2.36. The van der Waals surface area contributed by atoms with Crippen LogP contribution in [0.25, 0.3) is 11.1 Å². The Labute approximate surface area is 202 Å². The van der Waals surface area contributed by atoms with Gasteiger partial charge in [-0.3, -0.25) is 9.67 Å². The minimum Gasteiger partial charge on any atom is -0.484 e. The number of aromatic nitrogens is 3. The van der Waals surface area contributed by atoms with E-state index >= 15 is 0 Å². The smallest absolute Gasteiger partial charge is 0.142 e. The molecule has 0 spiro atoms. The van der Waals surface area contributed by atoms with Gasteiger partial charge in [0, 0.05) is 53.7 Å². The normalized spacial score (nSPS) is 16.2. The number of hydrogen-bond acceptors (Lipinski definition) is 5. The number of benzene rings is 1. The van der Waals surface area contributed by atoms with Gasteiger partial charge in [-0.15, -0.1) is 0 Å². The zero-order valence-electron chi connectivity index (χ0n) is 18.6. The summed E-state index contributed by atoms with van der Waals surface area (Å²) in [6.45, 7) is 6.45. The minimum atomic E-state index is -0.566. The van der Waals surface area contributed by atoms with Gasteiger partial charge in [0.1, 0.15) is 17.7 Å². The lowest BCUT2D eigenvalue weighted by molar-refractivity contribution is 0.146. The van der Waals surface area contributed by atoms with E-state index in [4.69, 9.17) is 33.0 Å². The fourth-order valence-corrected chi connectivity index (χ4v) is 4.87. The highest BCUT2D eigenvalue weighted by Crippen LogP contribution is 2.36. The van der Waals surface area contributed by atoms with Crippen molar-refractivity contribution in [1.29, 1.82) is 0 Å². The fraction of sp³-hybridized carbons (Fsp3) is 0.417. The molecule has 3 heterocycles. The molecule has 6 nitrogen and oxygen atoms in total. The van der Waals surface area contributed by atoms with E-state index in [0.717, 1.165) is 43.6 Å². The Balaban J connectivity index is 1.51. The van der Waals surface area contributed by atoms with E-state index in [1.54, 1.807) is 13.1 Å². The first kappa shape index (κ1) is 24.0. The van der Waals surface area contributed by atoms with E-state index in [9.17, 15) is 4.39 Å². The van der Waals surface area contributed by atoms with Crippen LogP contribution >= 0.6 is 23.2 Å². The van der Waals surface area contributed by atoms with Gasteiger partial charge in [0.2, 0.25) is 0 Å². The van der Waals surface area contributed by atoms with Crippen molar-refractivity contribution in [2.75, 3.05) is 26.2 Å². The predicted molar refractivity (Wildman–Crippen MR) is 127 cm³/mol. The van der Waals surface area contributed by atoms with Crippen molar-refractivity contribution in [3.8, 4) is 16.9 Å². The number of aliphatic hydroxyl groups is 1. The number of piperidine rings is 1. The number of nitrogens with zero attached hydrogens (tertiary/aromatic N) is 4. The predicted octanol–water partition coefficient (Wildman–Crippen LogP) is 5.47. The number of β-amino-alcohol motifs (C(OH)–C–C–N with tert-alkyl or cyclic N) is 1. The molecule has 0 amide bonds. The summed E-state index contributed by atoms with van der Waals surface area (Å²) in [6.07, 6.45) is 7.08. The molecule has 0 bridgehead atoms. The monoisotopic (exact) mass is 492 g/mol. The summed E-state index contributed by atoms with van der Waals surface area (Å²) in [5, 5.41) is 14.0. The number of pyridine rings is 1. The largest absolute Gasteiger partial charge is 0.484 e. The van der Waals surface area contributed by atoms with E-state index < -0.39 is 11.9 Å². The van der Waals surface area contributed by atoms with Crippen LogP contribution in [-0.2, 0) is 0 Å². The van der Waals surface area contributed by atoms with Gasteiger partial charge in [-0.25, -0.2) is 4.39 Å². The Hall–Kier alpha value is -2.19. The zero-order valence-corrected chi connectivity index (χ0v) is 20.2. The van der Waals surface area contributed by atoms with Gasteiger partial charge in [-0.05, 0) is 44.9 Å². The molecular formula is C24H27Cl2FN4O2. The second-order valence-corrected chi connectivity index (χ2v) is 9.12. The number of ether oxygens (including phenoxy) is 1. The number of likely N-dealkylation sites (tertiary alicyclic amines) is 1. The second-order valence-electron chi connectivity index (χ2n) is 8.33. The van der Waals surface area contributed by atoms with Gasteiger partial charge in [-0.2, -0.15) is 5.10 Å². The molecule has 1 aliphatic heterocycles. The van der Waals surface area contributed by atoms with Crippen LogP contribution in [0, 0.1) is 12.7 Å². The Bertz CT molecular complexity index is 1120. The minimum absolute atomic E-state index is 0.0388. The third-order valence-corrected chi connectivity index (χ3v) is 6.83. The molecule has 4 rings (SSSR count). The Morgan fingerprint density at radius 3 is 2.70 bits per heavy atom. The molecule has 0 radical (unpaired) electrons. The van der Waals surface area contributed by atoms with E-state index in [2.05, 4.69) is 15.0 Å². The number of hydrogen-bond donors (Lipinski definition) is 1. The molecule has 3 aromatic rings. The van der Waals surface area contributed by atoms with Crippen LogP contribution in [0.5, 0.6) is 5.75 Å². The van der Waals surface area contributed by atoms with Crippen LogP contribution in [0.2, 0.25) is 10.0 Å². The van der Waals surface area contributed by atoms with Crippen molar-refractivity contribution in [3.05, 3.63) is 63.9 Å². The molecule has 2 aromatic heterocycles. The quantitative estimate of drug-likeness (QED) is 0.443. The number of aliphatic hydroxyl groups excluding tert-OH is 1. The van der Waals surface area contributed by atoms with Crippen molar-refractivity contribution in [1.82, 2.24) is 19.7 Å². The first-order chi connectivity index (χ1) is 15.9. The second kappa shape index (κ2) is 10.4. The highest BCUT2D eigenvalue weighted by Gasteiger charge is 2.22. The first-order valence-electron chi connectivity index (χ1n) is 11.0. The lowest BCUT2D eigenvalue weighted by Gasteiger charge is -2.31. The standard InChI is InChI=1S/C24H27Cl2FN4O2/c1-15-22(33-16(2)23-20(25)3-4-21(27)24(23)26)11-17(12-28-15)18-13-29-31(14-18)19-5-7-30(8-6-19)9-10-32/h3-4,11-14,16,19,32H,5-10H2,1-2H3. The summed E-state index contributed by atoms with van der Waals surface area (Å²) in [6, 6.07) is 4.95. The fourth-order valence-electron chi connectivity index (χ4n) is 4.19. The van der Waals surface area contributed by atoms with Gasteiger partial charge in [0.15, 0.2) is 0 Å². The van der Waals surface area contributed by atoms with Crippen LogP contribution in [0.1, 0.15) is 43.2 Å². The Kier molecular flexibility index (Phi) is 7.54. The van der Waals surface area contributed by atoms with Gasteiger partial charge < -0.3 is 14.7 Å². The number of rotatable bonds is 7. The molecular weight excluding hydrogens is 466 g/mol. The molecule has 0 saturated carbocycles. The van der Waals surface area contributed by atoms with Crippen LogP contribution in [0.4, 0.5) is 4.39 Å². The van der Waals surface area contributed by atoms with Crippen LogP contribution in [0.3, 0.4) is 0 Å². The van der Waals surface area contributed by atoms with Gasteiger partial charge >= 0.3 is 0 Å². The number of aryl methyl sites for hydroxylation is 1. The molecule has 1 atom stereocenters. The maximum Gasteiger partial charge on any atom is 0.142 e. The molecule has 1 aromatic carbocycles. The maximum atomic E-state index is 14.0. The van der Waals surface area contributed by atoms with Crippen LogP contribution in [-0.4, -0.2) is 51.0 Å². The summed E-state index contributed by atoms with van der Waals surface area (Å²) in [4.78, 5) is 6.75. The molecule has 1 fully saturated rings. The Morgan fingerprint density at radius 1 is 1.21 bits per heavy atom. The summed E-state index contributed by atoms with van der Waals surface area (Å²) in [5.74, 6) is 0.0335. The molecule has 33 heavy (non-hydrogen) atoms. The molecule has 0 aliphatic carbocycles. The topological polar surface area (TPSA) is 63.4 Å². The average Bonchev–Trinajstić information content (AvgIpc) is 3.29. The summed E-state index contributed by atoms with van der Waals surface area (Å²) in [5.41, 5.74) is 2.93. The van der Waals surface area contributed by atoms with Crippen molar-refractivity contribution >= 4 is 23.2 Å². The third-order valence-electron chi connectivity index (χ3n) is 6.11. The molecule has 1 N–H and O–H groups in total. The summed E-state index contributed by atoms with van der Waals surface area (Å²) >= 11 is 12.4. The average molecular weight is 493 g/mol. The van der Waals surface area contributed by atoms with E-state index in [0.29, 0.717) is 28.1 Å². The molecule has 1 aliphatic rings. The van der Waals surface area contributed by atoms with Crippen molar-refractivity contribution < 1.29 is 14.2 Å². The van der Waals surface area contributed by atoms with Crippen LogP contribution in [0.15, 0.2) is 36.8 Å². The highest BCUT2D eigenvalue weighted by atomic mass is 35.5. The van der Waals surface area contributed by atoms with E-state index in [1.165, 1.54) is 12.1 Å². The summed E-state index contributed by atoms with van der Waals surface area (Å²) < 4.78 is 22.1. The van der Waals surface area contributed by atoms with Crippen LogP contribution < -0.4 is 4.74 Å². The Morgan fingerprint density at radius 2 is 1.97 bits per heavy atom. The molecule has 1 saturated heterocycles. The van der Waals surface area contributed by atoms with Crippen molar-refractivity contribution in [3.63, 3.8) is 0 Å². The van der Waals surface area contributed by atoms with Gasteiger partial charge in [0.25, 0.3) is 0 Å². The zero-order chi connectivity index (χ0) is 23.5. The SMILES string of the molecule is Cc1ncc(-c2cnn(C3CCN(CCO)CC3)c2)cc1OC(C)c1c(Cl)ccc(F)c1Cl. The van der Waals surface area contributed by atoms with E-state index in [-0.39, 0.29) is 11.6 Å². The first-order valence-corrected chi connectivity index (χ1v) is 11.8. The highest BCUT2D eigenvalue weighted by molar-refractivity contribution is 6.36. The van der Waals surface area contributed by atoms with E-state index in [1.807, 2.05) is 30.1 Å². The molecule has 1 unspecified atom stereocenters. The maximum absolute atomic E-state index is 14.0. The lowest BCUT2D eigenvalue weighted by atomic mass is 10.1.